The molecule has 0 radical (unpaired) electrons. The Morgan fingerprint density at radius 3 is 1.76 bits per heavy atom. The third-order valence-electron chi connectivity index (χ3n) is 5.31. The van der Waals surface area contributed by atoms with Gasteiger partial charge in [0.25, 0.3) is 5.91 Å². The Hall–Kier alpha value is -3.77. The van der Waals surface area contributed by atoms with E-state index in [1.807, 2.05) is 96.6 Å². The van der Waals surface area contributed by atoms with Gasteiger partial charge in [0.05, 0.1) is 0 Å². The van der Waals surface area contributed by atoms with Gasteiger partial charge in [0.15, 0.2) is 24.8 Å². The van der Waals surface area contributed by atoms with Crippen LogP contribution in [0.25, 0.3) is 24.3 Å². The van der Waals surface area contributed by atoms with E-state index in [0.717, 1.165) is 11.1 Å². The summed E-state index contributed by atoms with van der Waals surface area (Å²) in [6.07, 6.45) is 15.4. The maximum atomic E-state index is 12.9. The van der Waals surface area contributed by atoms with Crippen LogP contribution in [0.5, 0.6) is 5.75 Å². The molecule has 0 fully saturated rings. The minimum Gasteiger partial charge on any atom is -0.507 e. The fraction of sp³-hybridized carbons (Fsp3) is 0.250. The predicted molar refractivity (Wildman–Crippen MR) is 137 cm³/mol. The molecule has 0 saturated carbocycles. The van der Waals surface area contributed by atoms with Gasteiger partial charge in [0.2, 0.25) is 0 Å². The standard InChI is InChI=1S/C28H32N4O2/c1-21(2)29-13-14-30-28(34)26-19-24(7-5-22-9-15-31(3)16-10-22)27(33)25(20-26)8-6-23-11-17-32(4)18-12-23/h5-12,15-21,29H,13-14H2,1-4H3/p+2. The molecule has 2 aromatic heterocycles. The van der Waals surface area contributed by atoms with Crippen molar-refractivity contribution in [3.63, 3.8) is 0 Å². The van der Waals surface area contributed by atoms with Crippen molar-refractivity contribution in [2.24, 2.45) is 14.1 Å². The average Bonchev–Trinajstić information content (AvgIpc) is 2.82. The highest BCUT2D eigenvalue weighted by atomic mass is 16.3. The number of hydrogen-bond donors (Lipinski definition) is 3. The van der Waals surface area contributed by atoms with Crippen LogP contribution in [0, 0.1) is 0 Å². The van der Waals surface area contributed by atoms with Crippen molar-refractivity contribution < 1.29 is 19.0 Å². The van der Waals surface area contributed by atoms with Crippen LogP contribution >= 0.6 is 0 Å². The summed E-state index contributed by atoms with van der Waals surface area (Å²) in [6, 6.07) is 11.8. The van der Waals surface area contributed by atoms with E-state index in [1.165, 1.54) is 0 Å². The normalized spacial score (nSPS) is 11.6. The van der Waals surface area contributed by atoms with Crippen molar-refractivity contribution in [2.75, 3.05) is 13.1 Å². The van der Waals surface area contributed by atoms with Crippen molar-refractivity contribution >= 4 is 30.2 Å². The van der Waals surface area contributed by atoms with E-state index in [0.29, 0.717) is 35.8 Å². The molecule has 6 heteroatoms. The third kappa shape index (κ3) is 7.39. The number of amides is 1. The zero-order valence-corrected chi connectivity index (χ0v) is 20.3. The summed E-state index contributed by atoms with van der Waals surface area (Å²) in [4.78, 5) is 12.9. The van der Waals surface area contributed by atoms with Gasteiger partial charge in [-0.05, 0) is 23.3 Å². The van der Waals surface area contributed by atoms with Gasteiger partial charge in [-0.1, -0.05) is 38.2 Å². The van der Waals surface area contributed by atoms with E-state index in [-0.39, 0.29) is 11.7 Å². The van der Waals surface area contributed by atoms with Crippen LogP contribution in [0.4, 0.5) is 0 Å². The number of benzene rings is 1. The molecule has 0 aliphatic rings. The lowest BCUT2D eigenvalue weighted by atomic mass is 10.0. The summed E-state index contributed by atoms with van der Waals surface area (Å²) in [5.41, 5.74) is 3.67. The number of carbonyl (C=O) groups is 1. The van der Waals surface area contributed by atoms with E-state index in [1.54, 1.807) is 12.1 Å². The molecule has 1 aromatic carbocycles. The van der Waals surface area contributed by atoms with Crippen LogP contribution in [0.15, 0.2) is 61.2 Å². The van der Waals surface area contributed by atoms with Gasteiger partial charge in [-0.15, -0.1) is 0 Å². The SMILES string of the molecule is CC(C)NCCNC(=O)c1cc(/C=C/c2cc[n+](C)cc2)c(O)c(/C=C/c2cc[n+](C)cc2)c1. The van der Waals surface area contributed by atoms with Crippen molar-refractivity contribution in [3.05, 3.63) is 89.0 Å². The van der Waals surface area contributed by atoms with Gasteiger partial charge in [0, 0.05) is 60.1 Å². The van der Waals surface area contributed by atoms with Gasteiger partial charge in [-0.2, -0.15) is 0 Å². The predicted octanol–water partition coefficient (Wildman–Crippen LogP) is 3.11. The van der Waals surface area contributed by atoms with E-state index in [2.05, 4.69) is 24.5 Å². The van der Waals surface area contributed by atoms with Gasteiger partial charge in [-0.25, -0.2) is 9.13 Å². The second-order valence-electron chi connectivity index (χ2n) is 8.63. The Labute approximate surface area is 201 Å². The first-order valence-corrected chi connectivity index (χ1v) is 11.5. The summed E-state index contributed by atoms with van der Waals surface area (Å²) in [5, 5.41) is 17.2. The smallest absolute Gasteiger partial charge is 0.251 e. The Bertz CT molecular complexity index is 1090. The molecule has 0 aliphatic heterocycles. The second kappa shape index (κ2) is 11.9. The third-order valence-corrected chi connectivity index (χ3v) is 5.31. The van der Waals surface area contributed by atoms with Crippen LogP contribution in [0.2, 0.25) is 0 Å². The lowest BCUT2D eigenvalue weighted by Gasteiger charge is -2.11. The molecule has 3 rings (SSSR count). The van der Waals surface area contributed by atoms with Crippen LogP contribution in [0.1, 0.15) is 46.5 Å². The largest absolute Gasteiger partial charge is 0.507 e. The van der Waals surface area contributed by atoms with Crippen molar-refractivity contribution in [3.8, 4) is 5.75 Å². The molecule has 2 heterocycles. The molecular weight excluding hydrogens is 424 g/mol. The Morgan fingerprint density at radius 1 is 0.853 bits per heavy atom. The van der Waals surface area contributed by atoms with Crippen molar-refractivity contribution in [1.29, 1.82) is 0 Å². The number of phenolic OH excluding ortho intramolecular Hbond substituents is 1. The molecule has 0 atom stereocenters. The molecule has 3 N–H and O–H groups in total. The van der Waals surface area contributed by atoms with E-state index >= 15 is 0 Å². The number of carbonyl (C=O) groups excluding carboxylic acids is 1. The molecule has 176 valence electrons. The summed E-state index contributed by atoms with van der Waals surface area (Å²) in [5.74, 6) is -0.0400. The van der Waals surface area contributed by atoms with E-state index < -0.39 is 0 Å². The summed E-state index contributed by atoms with van der Waals surface area (Å²) >= 11 is 0. The van der Waals surface area contributed by atoms with E-state index in [4.69, 9.17) is 0 Å². The van der Waals surface area contributed by atoms with Crippen molar-refractivity contribution in [1.82, 2.24) is 10.6 Å². The molecular formula is C28H34N4O2+2. The van der Waals surface area contributed by atoms with Crippen LogP contribution < -0.4 is 19.8 Å². The maximum Gasteiger partial charge on any atom is 0.251 e. The summed E-state index contributed by atoms with van der Waals surface area (Å²) < 4.78 is 3.92. The Morgan fingerprint density at radius 2 is 1.32 bits per heavy atom. The Kier molecular flexibility index (Phi) is 8.71. The zero-order chi connectivity index (χ0) is 24.5. The number of phenols is 1. The minimum atomic E-state index is -0.173. The highest BCUT2D eigenvalue weighted by Gasteiger charge is 2.12. The number of pyridine rings is 2. The molecule has 0 aliphatic carbocycles. The van der Waals surface area contributed by atoms with Crippen LogP contribution in [-0.2, 0) is 14.1 Å². The maximum absolute atomic E-state index is 12.9. The van der Waals surface area contributed by atoms with Crippen LogP contribution in [-0.4, -0.2) is 30.1 Å². The molecule has 3 aromatic rings. The Balaban J connectivity index is 1.90. The number of nitrogens with one attached hydrogen (secondary N) is 2. The molecule has 1 amide bonds. The number of nitrogens with zero attached hydrogens (tertiary/aromatic N) is 2. The van der Waals surface area contributed by atoms with Gasteiger partial charge in [0.1, 0.15) is 19.8 Å². The van der Waals surface area contributed by atoms with Gasteiger partial charge < -0.3 is 15.7 Å². The summed E-state index contributed by atoms with van der Waals surface area (Å²) in [6.45, 7) is 5.35. The number of hydrogen-bond acceptors (Lipinski definition) is 3. The number of rotatable bonds is 9. The summed E-state index contributed by atoms with van der Waals surface area (Å²) in [7, 11) is 3.92. The highest BCUT2D eigenvalue weighted by molar-refractivity contribution is 5.97. The quantitative estimate of drug-likeness (QED) is 0.341. The number of aryl methyl sites for hydroxylation is 2. The molecule has 0 unspecified atom stereocenters. The number of aromatic nitrogens is 2. The highest BCUT2D eigenvalue weighted by Crippen LogP contribution is 2.28. The van der Waals surface area contributed by atoms with Crippen LogP contribution in [0.3, 0.4) is 0 Å². The lowest BCUT2D eigenvalue weighted by molar-refractivity contribution is -0.671. The van der Waals surface area contributed by atoms with E-state index in [9.17, 15) is 9.90 Å². The fourth-order valence-electron chi connectivity index (χ4n) is 3.32. The first kappa shape index (κ1) is 24.9. The number of aromatic hydroxyl groups is 1. The molecule has 0 spiro atoms. The average molecular weight is 459 g/mol. The van der Waals surface area contributed by atoms with Crippen molar-refractivity contribution in [2.45, 2.75) is 19.9 Å². The first-order chi connectivity index (χ1) is 16.3. The second-order valence-corrected chi connectivity index (χ2v) is 8.63. The fourth-order valence-corrected chi connectivity index (χ4v) is 3.32. The molecule has 0 bridgehead atoms. The monoisotopic (exact) mass is 458 g/mol. The zero-order valence-electron chi connectivity index (χ0n) is 20.3. The minimum absolute atomic E-state index is 0.133. The molecule has 0 saturated heterocycles. The van der Waals surface area contributed by atoms with Gasteiger partial charge in [-0.3, -0.25) is 4.79 Å². The topological polar surface area (TPSA) is 69.1 Å². The lowest BCUT2D eigenvalue weighted by Crippen LogP contribution is -2.34. The van der Waals surface area contributed by atoms with Gasteiger partial charge >= 0.3 is 0 Å². The first-order valence-electron chi connectivity index (χ1n) is 11.5. The molecule has 6 nitrogen and oxygen atoms in total. The molecule has 34 heavy (non-hydrogen) atoms.